The van der Waals surface area contributed by atoms with E-state index in [-0.39, 0.29) is 11.9 Å². The second-order valence-electron chi connectivity index (χ2n) is 4.64. The number of pyridine rings is 1. The Morgan fingerprint density at radius 1 is 1.50 bits per heavy atom. The minimum Gasteiger partial charge on any atom is -0.386 e. The van der Waals surface area contributed by atoms with E-state index in [2.05, 4.69) is 20.5 Å². The van der Waals surface area contributed by atoms with Crippen molar-refractivity contribution in [2.24, 2.45) is 0 Å². The van der Waals surface area contributed by atoms with Crippen molar-refractivity contribution in [3.63, 3.8) is 0 Å². The van der Waals surface area contributed by atoms with Crippen molar-refractivity contribution >= 4 is 11.6 Å². The molecule has 2 N–H and O–H groups in total. The molecule has 0 fully saturated rings. The number of aromatic nitrogens is 1. The molecular formula is C13H22N4O. The topological polar surface area (TPSA) is 57.3 Å². The molecule has 1 heterocycles. The molecule has 0 aromatic carbocycles. The summed E-state index contributed by atoms with van der Waals surface area (Å²) in [5, 5.41) is 5.96. The van der Waals surface area contributed by atoms with Crippen molar-refractivity contribution in [3.8, 4) is 0 Å². The summed E-state index contributed by atoms with van der Waals surface area (Å²) in [6.07, 6.45) is 4.21. The maximum atomic E-state index is 12.1. The Bertz CT molecular complexity index is 392. The van der Waals surface area contributed by atoms with Crippen molar-refractivity contribution < 1.29 is 4.79 Å². The van der Waals surface area contributed by atoms with E-state index >= 15 is 0 Å². The van der Waals surface area contributed by atoms with Gasteiger partial charge in [0.15, 0.2) is 0 Å². The van der Waals surface area contributed by atoms with E-state index in [0.29, 0.717) is 5.56 Å². The zero-order valence-corrected chi connectivity index (χ0v) is 11.5. The molecule has 5 heteroatoms. The Hall–Kier alpha value is -1.62. The second kappa shape index (κ2) is 6.96. The van der Waals surface area contributed by atoms with Crippen LogP contribution in [-0.4, -0.2) is 49.5 Å². The van der Waals surface area contributed by atoms with E-state index in [1.165, 1.54) is 0 Å². The average Bonchev–Trinajstić information content (AvgIpc) is 2.36. The maximum Gasteiger partial charge on any atom is 0.253 e. The van der Waals surface area contributed by atoms with Gasteiger partial charge in [-0.2, -0.15) is 0 Å². The summed E-state index contributed by atoms with van der Waals surface area (Å²) in [6, 6.07) is 1.87. The summed E-state index contributed by atoms with van der Waals surface area (Å²) in [6.45, 7) is 2.97. The highest BCUT2D eigenvalue weighted by Gasteiger charge is 2.13. The van der Waals surface area contributed by atoms with Gasteiger partial charge in [-0.15, -0.1) is 0 Å². The lowest BCUT2D eigenvalue weighted by molar-refractivity contribution is 0.0937. The minimum atomic E-state index is -0.0620. The summed E-state index contributed by atoms with van der Waals surface area (Å²) >= 11 is 0. The van der Waals surface area contributed by atoms with Gasteiger partial charge in [-0.3, -0.25) is 9.78 Å². The van der Waals surface area contributed by atoms with Gasteiger partial charge in [-0.25, -0.2) is 0 Å². The van der Waals surface area contributed by atoms with E-state index < -0.39 is 0 Å². The van der Waals surface area contributed by atoms with Crippen LogP contribution in [0.3, 0.4) is 0 Å². The first-order valence-corrected chi connectivity index (χ1v) is 6.12. The fraction of sp³-hybridized carbons (Fsp3) is 0.538. The van der Waals surface area contributed by atoms with Crippen molar-refractivity contribution in [2.45, 2.75) is 19.4 Å². The number of anilines is 1. The van der Waals surface area contributed by atoms with Crippen molar-refractivity contribution in [1.29, 1.82) is 0 Å². The predicted octanol–water partition coefficient (Wildman–Crippen LogP) is 1.19. The molecule has 5 nitrogen and oxygen atoms in total. The summed E-state index contributed by atoms with van der Waals surface area (Å²) in [5.41, 5.74) is 1.37. The Labute approximate surface area is 109 Å². The van der Waals surface area contributed by atoms with Crippen LogP contribution in [0.15, 0.2) is 18.5 Å². The number of hydrogen-bond donors (Lipinski definition) is 2. The molecule has 0 spiro atoms. The van der Waals surface area contributed by atoms with Gasteiger partial charge < -0.3 is 15.5 Å². The van der Waals surface area contributed by atoms with Gasteiger partial charge in [0.1, 0.15) is 0 Å². The molecule has 1 amide bonds. The molecule has 1 atom stereocenters. The molecule has 1 unspecified atom stereocenters. The van der Waals surface area contributed by atoms with Crippen molar-refractivity contribution in [3.05, 3.63) is 24.0 Å². The van der Waals surface area contributed by atoms with Gasteiger partial charge in [0.05, 0.1) is 17.4 Å². The fourth-order valence-electron chi connectivity index (χ4n) is 1.62. The number of carbonyl (C=O) groups is 1. The largest absolute Gasteiger partial charge is 0.386 e. The van der Waals surface area contributed by atoms with Gasteiger partial charge in [0, 0.05) is 19.3 Å². The Balaban J connectivity index is 2.59. The molecule has 1 aromatic heterocycles. The summed E-state index contributed by atoms with van der Waals surface area (Å²) in [4.78, 5) is 18.2. The molecule has 0 bridgehead atoms. The lowest BCUT2D eigenvalue weighted by atomic mass is 10.1. The van der Waals surface area contributed by atoms with Crippen LogP contribution < -0.4 is 10.6 Å². The van der Waals surface area contributed by atoms with Crippen LogP contribution in [0.5, 0.6) is 0 Å². The smallest absolute Gasteiger partial charge is 0.253 e. The normalized spacial score (nSPS) is 12.3. The zero-order valence-electron chi connectivity index (χ0n) is 11.5. The van der Waals surface area contributed by atoms with Crippen LogP contribution in [0.4, 0.5) is 5.69 Å². The SMILES string of the molecule is CNc1cnccc1C(=O)NC(C)CCN(C)C. The summed E-state index contributed by atoms with van der Waals surface area (Å²) < 4.78 is 0. The number of amides is 1. The fourth-order valence-corrected chi connectivity index (χ4v) is 1.62. The number of hydrogen-bond acceptors (Lipinski definition) is 4. The monoisotopic (exact) mass is 250 g/mol. The molecule has 1 rings (SSSR count). The Morgan fingerprint density at radius 2 is 2.22 bits per heavy atom. The second-order valence-corrected chi connectivity index (χ2v) is 4.64. The third-order valence-corrected chi connectivity index (χ3v) is 2.72. The van der Waals surface area contributed by atoms with Gasteiger partial charge in [-0.1, -0.05) is 0 Å². The number of nitrogens with one attached hydrogen (secondary N) is 2. The lowest BCUT2D eigenvalue weighted by Gasteiger charge is -2.17. The van der Waals surface area contributed by atoms with Crippen LogP contribution in [0.2, 0.25) is 0 Å². The molecule has 0 saturated carbocycles. The minimum absolute atomic E-state index is 0.0620. The summed E-state index contributed by atoms with van der Waals surface area (Å²) in [5.74, 6) is -0.0620. The highest BCUT2D eigenvalue weighted by molar-refractivity contribution is 5.99. The van der Waals surface area contributed by atoms with Crippen LogP contribution in [0.1, 0.15) is 23.7 Å². The van der Waals surface area contributed by atoms with Crippen molar-refractivity contribution in [1.82, 2.24) is 15.2 Å². The van der Waals surface area contributed by atoms with E-state index in [1.807, 2.05) is 21.0 Å². The quantitative estimate of drug-likeness (QED) is 0.796. The van der Waals surface area contributed by atoms with Gasteiger partial charge in [-0.05, 0) is 40.1 Å². The van der Waals surface area contributed by atoms with Crippen LogP contribution >= 0.6 is 0 Å². The average molecular weight is 250 g/mol. The Morgan fingerprint density at radius 3 is 2.83 bits per heavy atom. The van der Waals surface area contributed by atoms with E-state index in [9.17, 15) is 4.79 Å². The molecule has 100 valence electrons. The zero-order chi connectivity index (χ0) is 13.5. The third kappa shape index (κ3) is 4.33. The summed E-state index contributed by atoms with van der Waals surface area (Å²) in [7, 11) is 5.83. The van der Waals surface area contributed by atoms with Crippen LogP contribution in [-0.2, 0) is 0 Å². The molecule has 0 radical (unpaired) electrons. The highest BCUT2D eigenvalue weighted by Crippen LogP contribution is 2.12. The molecule has 1 aromatic rings. The standard InChI is InChI=1S/C13H22N4O/c1-10(6-8-17(3)4)16-13(18)11-5-7-15-9-12(11)14-2/h5,7,9-10,14H,6,8H2,1-4H3,(H,16,18). The lowest BCUT2D eigenvalue weighted by Crippen LogP contribution is -2.35. The first-order chi connectivity index (χ1) is 8.54. The molecule has 0 aliphatic carbocycles. The van der Waals surface area contributed by atoms with E-state index in [4.69, 9.17) is 0 Å². The maximum absolute atomic E-state index is 12.1. The van der Waals surface area contributed by atoms with Gasteiger partial charge in [0.25, 0.3) is 5.91 Å². The highest BCUT2D eigenvalue weighted by atomic mass is 16.1. The number of nitrogens with zero attached hydrogens (tertiary/aromatic N) is 2. The van der Waals surface area contributed by atoms with Gasteiger partial charge in [0.2, 0.25) is 0 Å². The van der Waals surface area contributed by atoms with E-state index in [0.717, 1.165) is 18.7 Å². The number of carbonyl (C=O) groups excluding carboxylic acids is 1. The molecular weight excluding hydrogens is 228 g/mol. The molecule has 0 saturated heterocycles. The number of rotatable bonds is 6. The third-order valence-electron chi connectivity index (χ3n) is 2.72. The first-order valence-electron chi connectivity index (χ1n) is 6.12. The van der Waals surface area contributed by atoms with Crippen molar-refractivity contribution in [2.75, 3.05) is 33.0 Å². The molecule has 0 aliphatic rings. The van der Waals surface area contributed by atoms with Gasteiger partial charge >= 0.3 is 0 Å². The molecule has 18 heavy (non-hydrogen) atoms. The Kier molecular flexibility index (Phi) is 5.58. The molecule has 0 aliphatic heterocycles. The van der Waals surface area contributed by atoms with E-state index in [1.54, 1.807) is 25.5 Å². The first kappa shape index (κ1) is 14.4. The predicted molar refractivity (Wildman–Crippen MR) is 73.9 cm³/mol. The van der Waals surface area contributed by atoms with Crippen LogP contribution in [0, 0.1) is 0 Å². The van der Waals surface area contributed by atoms with Crippen LogP contribution in [0.25, 0.3) is 0 Å².